The zero-order valence-corrected chi connectivity index (χ0v) is 40.0. The number of benzene rings is 11. The van der Waals surface area contributed by atoms with Crippen LogP contribution in [0.1, 0.15) is 16.7 Å². The number of nitrogens with zero attached hydrogens (tertiary/aromatic N) is 2. The summed E-state index contributed by atoms with van der Waals surface area (Å²) in [4.78, 5) is 2.44. The lowest BCUT2D eigenvalue weighted by molar-refractivity contribution is 0.767. The van der Waals surface area contributed by atoms with E-state index in [2.05, 4.69) is 294 Å². The van der Waals surface area contributed by atoms with E-state index in [1.165, 1.54) is 93.8 Å². The zero-order valence-electron chi connectivity index (χ0n) is 40.0. The van der Waals surface area contributed by atoms with Crippen molar-refractivity contribution in [2.24, 2.45) is 0 Å². The smallest absolute Gasteiger partial charge is 0.0720 e. The fraction of sp³-hybridized carbons (Fsp3) is 0.0141. The molecule has 0 radical (unpaired) electrons. The molecule has 1 heterocycles. The Kier molecular flexibility index (Phi) is 10.0. The van der Waals surface area contributed by atoms with E-state index in [1.807, 2.05) is 6.08 Å². The van der Waals surface area contributed by atoms with Crippen molar-refractivity contribution in [1.29, 1.82) is 0 Å². The third kappa shape index (κ3) is 6.90. The van der Waals surface area contributed by atoms with Crippen LogP contribution >= 0.6 is 0 Å². The summed E-state index contributed by atoms with van der Waals surface area (Å²) >= 11 is 0. The van der Waals surface area contributed by atoms with Crippen LogP contribution in [-0.2, 0) is 5.41 Å². The maximum atomic E-state index is 3.32. The number of rotatable bonds is 9. The molecular formula is C71H46N2. The van der Waals surface area contributed by atoms with E-state index >= 15 is 0 Å². The molecule has 0 N–H and O–H groups in total. The van der Waals surface area contributed by atoms with Gasteiger partial charge in [0.25, 0.3) is 0 Å². The second-order valence-electron chi connectivity index (χ2n) is 19.1. The van der Waals surface area contributed by atoms with Crippen LogP contribution < -0.4 is 4.90 Å². The van der Waals surface area contributed by atoms with Crippen molar-refractivity contribution in [2.75, 3.05) is 4.90 Å². The van der Waals surface area contributed by atoms with Crippen LogP contribution in [0.25, 0.3) is 82.8 Å². The molecule has 14 rings (SSSR count). The van der Waals surface area contributed by atoms with E-state index in [-0.39, 0.29) is 0 Å². The Hall–Kier alpha value is -9.68. The molecule has 11 aromatic carbocycles. The molecule has 1 atom stereocenters. The molecule has 0 amide bonds. The second-order valence-corrected chi connectivity index (χ2v) is 19.1. The van der Waals surface area contributed by atoms with E-state index in [4.69, 9.17) is 0 Å². The van der Waals surface area contributed by atoms with Gasteiger partial charge in [0.15, 0.2) is 0 Å². The highest BCUT2D eigenvalue weighted by molar-refractivity contribution is 6.10. The molecule has 73 heavy (non-hydrogen) atoms. The van der Waals surface area contributed by atoms with Crippen molar-refractivity contribution < 1.29 is 0 Å². The lowest BCUT2D eigenvalue weighted by Crippen LogP contribution is -2.29. The monoisotopic (exact) mass is 926 g/mol. The molecular weight excluding hydrogens is 881 g/mol. The number of hydrogen-bond donors (Lipinski definition) is 0. The van der Waals surface area contributed by atoms with Gasteiger partial charge in [0, 0.05) is 33.2 Å². The minimum Gasteiger partial charge on any atom is -0.310 e. The molecule has 340 valence electrons. The van der Waals surface area contributed by atoms with Gasteiger partial charge < -0.3 is 9.47 Å². The van der Waals surface area contributed by atoms with Crippen molar-refractivity contribution in [2.45, 2.75) is 5.41 Å². The Balaban J connectivity index is 0.859. The number of aromatic nitrogens is 1. The van der Waals surface area contributed by atoms with Crippen LogP contribution in [0.3, 0.4) is 0 Å². The lowest BCUT2D eigenvalue weighted by atomic mass is 9.66. The molecule has 2 nitrogen and oxygen atoms in total. The van der Waals surface area contributed by atoms with Crippen LogP contribution in [0.4, 0.5) is 17.1 Å². The van der Waals surface area contributed by atoms with Crippen molar-refractivity contribution >= 4 is 49.6 Å². The first-order chi connectivity index (χ1) is 36.2. The van der Waals surface area contributed by atoms with Crippen LogP contribution in [0.5, 0.6) is 0 Å². The SMILES string of the molecule is C1=C=CC(C2(c3ccccc3)c3ccccc3-c3ccc(N(c4ccc(-c5cccc(-c6ccc7c(c6)c6ccccc6n7-c6ccc(-c7ccccc7)cc6)c5)cc4)c4cccc5ccccc45)cc32)=CC=1. The normalized spacial score (nSPS) is 14.4. The standard InChI is InChI=1S/C71H46N2/c1-4-18-49(19-5-1)50-34-41-59(42-35-50)73-69-32-15-13-30-64(69)65-47-55(38-45-70(65)73)54-23-16-22-53(46-54)51-36-39-58(40-37-51)72(68-33-17-21-52-20-10-11-28-61(52)68)60-43-44-63-62-29-12-14-31-66(62)71(67(63)48-60,56-24-6-2-7-25-56)57-26-8-3-9-27-57/h1-2,4-8,10-48H. The molecule has 1 unspecified atom stereocenters. The molecule has 1 aromatic heterocycles. The van der Waals surface area contributed by atoms with Gasteiger partial charge in [-0.25, -0.2) is 0 Å². The third-order valence-corrected chi connectivity index (χ3v) is 15.2. The van der Waals surface area contributed by atoms with Gasteiger partial charge in [-0.05, 0) is 157 Å². The van der Waals surface area contributed by atoms with Gasteiger partial charge >= 0.3 is 0 Å². The topological polar surface area (TPSA) is 8.17 Å². The van der Waals surface area contributed by atoms with Gasteiger partial charge in [-0.2, -0.15) is 0 Å². The highest BCUT2D eigenvalue weighted by Gasteiger charge is 2.47. The maximum absolute atomic E-state index is 3.32. The molecule has 0 spiro atoms. The number of anilines is 3. The molecule has 2 aliphatic carbocycles. The average Bonchev–Trinajstić information content (AvgIpc) is 4.01. The Bertz CT molecular complexity index is 4250. The highest BCUT2D eigenvalue weighted by atomic mass is 15.1. The van der Waals surface area contributed by atoms with E-state index in [0.29, 0.717) is 0 Å². The van der Waals surface area contributed by atoms with Crippen LogP contribution in [-0.4, -0.2) is 4.57 Å². The first-order valence-electron chi connectivity index (χ1n) is 25.1. The molecule has 0 saturated heterocycles. The summed E-state index contributed by atoms with van der Waals surface area (Å²) < 4.78 is 2.39. The largest absolute Gasteiger partial charge is 0.310 e. The van der Waals surface area contributed by atoms with Crippen LogP contribution in [0.2, 0.25) is 0 Å². The first-order valence-corrected chi connectivity index (χ1v) is 25.1. The number of fused-ring (bicyclic) bond motifs is 7. The van der Waals surface area contributed by atoms with E-state index in [1.54, 1.807) is 0 Å². The Morgan fingerprint density at radius 2 is 0.959 bits per heavy atom. The Labute approximate surface area is 425 Å². The summed E-state index contributed by atoms with van der Waals surface area (Å²) in [7, 11) is 0. The van der Waals surface area contributed by atoms with Gasteiger partial charge in [-0.3, -0.25) is 0 Å². The lowest BCUT2D eigenvalue weighted by Gasteiger charge is -2.35. The minimum absolute atomic E-state index is 0.565. The van der Waals surface area contributed by atoms with Gasteiger partial charge in [0.05, 0.1) is 22.1 Å². The molecule has 2 aliphatic rings. The van der Waals surface area contributed by atoms with Crippen LogP contribution in [0.15, 0.2) is 296 Å². The summed E-state index contributed by atoms with van der Waals surface area (Å²) in [6, 6.07) is 95.6. The molecule has 0 aliphatic heterocycles. The summed E-state index contributed by atoms with van der Waals surface area (Å²) in [5, 5.41) is 4.86. The van der Waals surface area contributed by atoms with Gasteiger partial charge in [-0.1, -0.05) is 206 Å². The van der Waals surface area contributed by atoms with Crippen molar-refractivity contribution in [1.82, 2.24) is 4.57 Å². The second kappa shape index (κ2) is 17.3. The number of allylic oxidation sites excluding steroid dienone is 4. The molecule has 0 bridgehead atoms. The summed E-state index contributed by atoms with van der Waals surface area (Å²) in [5.41, 5.74) is 27.3. The van der Waals surface area contributed by atoms with Crippen LogP contribution in [0, 0.1) is 0 Å². The van der Waals surface area contributed by atoms with Crippen molar-refractivity contribution in [3.63, 3.8) is 0 Å². The average molecular weight is 927 g/mol. The van der Waals surface area contributed by atoms with Gasteiger partial charge in [0.1, 0.15) is 0 Å². The predicted molar refractivity (Wildman–Crippen MR) is 305 cm³/mol. The van der Waals surface area contributed by atoms with Crippen molar-refractivity contribution in [3.8, 4) is 50.2 Å². The molecule has 0 fully saturated rings. The quantitative estimate of drug-likeness (QED) is 0.131. The number of para-hydroxylation sites is 1. The molecule has 12 aromatic rings. The maximum Gasteiger partial charge on any atom is 0.0720 e. The summed E-state index contributed by atoms with van der Waals surface area (Å²) in [5.74, 6) is 0. The Morgan fingerprint density at radius 1 is 0.370 bits per heavy atom. The Morgan fingerprint density at radius 3 is 1.78 bits per heavy atom. The predicted octanol–water partition coefficient (Wildman–Crippen LogP) is 18.5. The molecule has 2 heteroatoms. The fourth-order valence-corrected chi connectivity index (χ4v) is 11.8. The fourth-order valence-electron chi connectivity index (χ4n) is 11.8. The first kappa shape index (κ1) is 42.2. The summed E-state index contributed by atoms with van der Waals surface area (Å²) in [6.07, 6.45) is 6.32. The minimum atomic E-state index is -0.565. The zero-order chi connectivity index (χ0) is 48.3. The summed E-state index contributed by atoms with van der Waals surface area (Å²) in [6.45, 7) is 0. The van der Waals surface area contributed by atoms with E-state index in [9.17, 15) is 0 Å². The highest BCUT2D eigenvalue weighted by Crippen LogP contribution is 2.58. The van der Waals surface area contributed by atoms with Gasteiger partial charge in [-0.15, -0.1) is 0 Å². The van der Waals surface area contributed by atoms with E-state index < -0.39 is 5.41 Å². The number of hydrogen-bond acceptors (Lipinski definition) is 1. The molecule has 0 saturated carbocycles. The van der Waals surface area contributed by atoms with E-state index in [0.717, 1.165) is 28.3 Å². The van der Waals surface area contributed by atoms with Gasteiger partial charge in [0.2, 0.25) is 0 Å². The van der Waals surface area contributed by atoms with Crippen molar-refractivity contribution in [3.05, 3.63) is 313 Å². The third-order valence-electron chi connectivity index (χ3n) is 15.2.